The van der Waals surface area contributed by atoms with Gasteiger partial charge in [-0.05, 0) is 28.9 Å². The van der Waals surface area contributed by atoms with Gasteiger partial charge < -0.3 is 0 Å². The molecule has 1 aromatic heterocycles. The SMILES string of the molecule is Cc1sc(Br)cc1S(=O)(=O)N1CCN(CC#N)CC1. The number of sulfonamides is 1. The molecule has 8 heteroatoms. The average molecular weight is 364 g/mol. The van der Waals surface area contributed by atoms with Gasteiger partial charge in [0.25, 0.3) is 0 Å². The van der Waals surface area contributed by atoms with Gasteiger partial charge in [0.15, 0.2) is 0 Å². The Kier molecular flexibility index (Phi) is 4.63. The van der Waals surface area contributed by atoms with Crippen LogP contribution in [-0.4, -0.2) is 50.3 Å². The normalized spacial score (nSPS) is 18.4. The number of rotatable bonds is 3. The van der Waals surface area contributed by atoms with Crippen LogP contribution in [-0.2, 0) is 10.0 Å². The first-order chi connectivity index (χ1) is 8.95. The highest BCUT2D eigenvalue weighted by Gasteiger charge is 2.30. The number of hydrogen-bond acceptors (Lipinski definition) is 5. The van der Waals surface area contributed by atoms with Crippen LogP contribution in [0.4, 0.5) is 0 Å². The molecule has 2 heterocycles. The minimum Gasteiger partial charge on any atom is -0.288 e. The van der Waals surface area contributed by atoms with Crippen LogP contribution in [0.2, 0.25) is 0 Å². The predicted molar refractivity (Wildman–Crippen MR) is 77.6 cm³/mol. The van der Waals surface area contributed by atoms with Crippen molar-refractivity contribution in [3.63, 3.8) is 0 Å². The molecule has 104 valence electrons. The van der Waals surface area contributed by atoms with Gasteiger partial charge in [0.2, 0.25) is 10.0 Å². The van der Waals surface area contributed by atoms with Crippen molar-refractivity contribution in [3.8, 4) is 6.07 Å². The Morgan fingerprint density at radius 1 is 1.42 bits per heavy atom. The summed E-state index contributed by atoms with van der Waals surface area (Å²) in [5, 5.41) is 8.63. The quantitative estimate of drug-likeness (QED) is 0.765. The highest BCUT2D eigenvalue weighted by molar-refractivity contribution is 9.11. The summed E-state index contributed by atoms with van der Waals surface area (Å²) in [6.07, 6.45) is 0. The first-order valence-electron chi connectivity index (χ1n) is 5.80. The number of aryl methyl sites for hydroxylation is 1. The molecule has 1 aromatic rings. The Morgan fingerprint density at radius 3 is 2.53 bits per heavy atom. The minimum absolute atomic E-state index is 0.358. The van der Waals surface area contributed by atoms with E-state index >= 15 is 0 Å². The van der Waals surface area contributed by atoms with Crippen molar-refractivity contribution in [2.24, 2.45) is 0 Å². The number of halogens is 1. The molecule has 0 bridgehead atoms. The molecule has 19 heavy (non-hydrogen) atoms. The molecular formula is C11H14BrN3O2S2. The number of nitriles is 1. The summed E-state index contributed by atoms with van der Waals surface area (Å²) in [5.74, 6) is 0. The number of hydrogen-bond donors (Lipinski definition) is 0. The summed E-state index contributed by atoms with van der Waals surface area (Å²) in [4.78, 5) is 3.15. The van der Waals surface area contributed by atoms with Gasteiger partial charge in [-0.2, -0.15) is 9.57 Å². The molecule has 0 saturated carbocycles. The van der Waals surface area contributed by atoms with Gasteiger partial charge in [0, 0.05) is 31.1 Å². The van der Waals surface area contributed by atoms with E-state index in [1.54, 1.807) is 6.07 Å². The lowest BCUT2D eigenvalue weighted by molar-refractivity contribution is 0.206. The van der Waals surface area contributed by atoms with E-state index in [1.165, 1.54) is 15.6 Å². The zero-order valence-electron chi connectivity index (χ0n) is 10.5. The molecule has 0 radical (unpaired) electrons. The fourth-order valence-electron chi connectivity index (χ4n) is 2.05. The molecule has 0 unspecified atom stereocenters. The molecule has 0 N–H and O–H groups in total. The van der Waals surface area contributed by atoms with Gasteiger partial charge >= 0.3 is 0 Å². The zero-order valence-corrected chi connectivity index (χ0v) is 13.7. The lowest BCUT2D eigenvalue weighted by Gasteiger charge is -2.32. The average Bonchev–Trinajstić information content (AvgIpc) is 2.70. The summed E-state index contributed by atoms with van der Waals surface area (Å²) < 4.78 is 27.4. The van der Waals surface area contributed by atoms with Crippen LogP contribution in [0.25, 0.3) is 0 Å². The lowest BCUT2D eigenvalue weighted by Crippen LogP contribution is -2.48. The summed E-state index contributed by atoms with van der Waals surface area (Å²) in [7, 11) is -3.41. The molecule has 1 saturated heterocycles. The van der Waals surface area contributed by atoms with Crippen molar-refractivity contribution in [1.29, 1.82) is 5.26 Å². The Hall–Kier alpha value is -0.460. The number of thiophene rings is 1. The molecule has 1 fully saturated rings. The van der Waals surface area contributed by atoms with Crippen molar-refractivity contribution in [2.75, 3.05) is 32.7 Å². The first-order valence-corrected chi connectivity index (χ1v) is 8.85. The van der Waals surface area contributed by atoms with Gasteiger partial charge in [-0.3, -0.25) is 4.90 Å². The second kappa shape index (κ2) is 5.89. The van der Waals surface area contributed by atoms with E-state index in [-0.39, 0.29) is 0 Å². The Labute approximate surface area is 125 Å². The first kappa shape index (κ1) is 14.9. The molecule has 0 aliphatic carbocycles. The van der Waals surface area contributed by atoms with Crippen LogP contribution in [0.1, 0.15) is 4.88 Å². The molecule has 0 atom stereocenters. The smallest absolute Gasteiger partial charge is 0.244 e. The van der Waals surface area contributed by atoms with E-state index < -0.39 is 10.0 Å². The highest BCUT2D eigenvalue weighted by Crippen LogP contribution is 2.31. The van der Waals surface area contributed by atoms with Gasteiger partial charge in [-0.1, -0.05) is 0 Å². The second-order valence-electron chi connectivity index (χ2n) is 4.31. The Morgan fingerprint density at radius 2 is 2.05 bits per heavy atom. The lowest BCUT2D eigenvalue weighted by atomic mass is 10.4. The molecule has 1 aliphatic heterocycles. The summed E-state index contributed by atoms with van der Waals surface area (Å²) in [6.45, 7) is 4.27. The van der Waals surface area contributed by atoms with E-state index in [0.717, 1.165) is 8.66 Å². The topological polar surface area (TPSA) is 64.4 Å². The molecule has 0 aromatic carbocycles. The molecule has 0 spiro atoms. The van der Waals surface area contributed by atoms with Crippen molar-refractivity contribution in [2.45, 2.75) is 11.8 Å². The highest BCUT2D eigenvalue weighted by atomic mass is 79.9. The fraction of sp³-hybridized carbons (Fsp3) is 0.545. The van der Waals surface area contributed by atoms with Crippen LogP contribution < -0.4 is 0 Å². The van der Waals surface area contributed by atoms with Crippen molar-refractivity contribution in [3.05, 3.63) is 14.7 Å². The predicted octanol–water partition coefficient (Wildman–Crippen LogP) is 1.65. The van der Waals surface area contributed by atoms with Crippen molar-refractivity contribution < 1.29 is 8.42 Å². The van der Waals surface area contributed by atoms with Gasteiger partial charge in [0.1, 0.15) is 0 Å². The Balaban J connectivity index is 2.15. The van der Waals surface area contributed by atoms with Crippen LogP contribution >= 0.6 is 27.3 Å². The molecule has 1 aliphatic rings. The van der Waals surface area contributed by atoms with E-state index in [0.29, 0.717) is 37.6 Å². The third-order valence-electron chi connectivity index (χ3n) is 3.09. The fourth-order valence-corrected chi connectivity index (χ4v) is 5.86. The second-order valence-corrected chi connectivity index (χ2v) is 8.85. The Bertz CT molecular complexity index is 598. The van der Waals surface area contributed by atoms with E-state index in [9.17, 15) is 8.42 Å². The number of nitrogens with zero attached hydrogens (tertiary/aromatic N) is 3. The molecule has 5 nitrogen and oxygen atoms in total. The van der Waals surface area contributed by atoms with Crippen LogP contribution in [0.5, 0.6) is 0 Å². The maximum atomic E-state index is 12.5. The molecular weight excluding hydrogens is 350 g/mol. The summed E-state index contributed by atoms with van der Waals surface area (Å²) >= 11 is 4.75. The van der Waals surface area contributed by atoms with Crippen molar-refractivity contribution >= 4 is 37.3 Å². The van der Waals surface area contributed by atoms with Crippen LogP contribution in [0.15, 0.2) is 14.7 Å². The van der Waals surface area contributed by atoms with E-state index in [4.69, 9.17) is 5.26 Å². The summed E-state index contributed by atoms with van der Waals surface area (Å²) in [5.41, 5.74) is 0. The molecule has 2 rings (SSSR count). The van der Waals surface area contributed by atoms with Gasteiger partial charge in [-0.15, -0.1) is 11.3 Å². The molecule has 0 amide bonds. The standard InChI is InChI=1S/C11H14BrN3O2S2/c1-9-10(8-11(12)18-9)19(16,17)15-6-4-14(3-2-13)5-7-15/h8H,3-7H2,1H3. The third kappa shape index (κ3) is 3.17. The monoisotopic (exact) mass is 363 g/mol. The van der Waals surface area contributed by atoms with Gasteiger partial charge in [0.05, 0.1) is 21.3 Å². The minimum atomic E-state index is -3.41. The zero-order chi connectivity index (χ0) is 14.0. The van der Waals surface area contributed by atoms with Crippen LogP contribution in [0, 0.1) is 18.3 Å². The maximum Gasteiger partial charge on any atom is 0.244 e. The maximum absolute atomic E-state index is 12.5. The van der Waals surface area contributed by atoms with Gasteiger partial charge in [-0.25, -0.2) is 8.42 Å². The largest absolute Gasteiger partial charge is 0.288 e. The van der Waals surface area contributed by atoms with E-state index in [1.807, 2.05) is 11.8 Å². The van der Waals surface area contributed by atoms with E-state index in [2.05, 4.69) is 22.0 Å². The third-order valence-corrected chi connectivity index (χ3v) is 6.79. The number of piperazine rings is 1. The van der Waals surface area contributed by atoms with Crippen molar-refractivity contribution in [1.82, 2.24) is 9.21 Å². The van der Waals surface area contributed by atoms with Crippen LogP contribution in [0.3, 0.4) is 0 Å². The summed E-state index contributed by atoms with van der Waals surface area (Å²) in [6, 6.07) is 3.75.